The summed E-state index contributed by atoms with van der Waals surface area (Å²) in [5.74, 6) is 0.0561. The molecule has 2 unspecified atom stereocenters. The molecule has 4 rings (SSSR count). The lowest BCUT2D eigenvalue weighted by molar-refractivity contribution is -0.135. The van der Waals surface area contributed by atoms with E-state index in [1.54, 1.807) is 23.2 Å². The van der Waals surface area contributed by atoms with E-state index in [0.717, 1.165) is 35.5 Å². The number of nitrogens with one attached hydrogen (secondary N) is 2. The van der Waals surface area contributed by atoms with Crippen LogP contribution in [0.5, 0.6) is 0 Å². The Labute approximate surface area is 193 Å². The highest BCUT2D eigenvalue weighted by molar-refractivity contribution is 5.82. The molecular formula is C26H29FN4O2. The number of amides is 2. The number of imidazole rings is 1. The summed E-state index contributed by atoms with van der Waals surface area (Å²) in [5, 5.41) is 3.12. The Bertz CT molecular complexity index is 1080. The van der Waals surface area contributed by atoms with E-state index in [0.29, 0.717) is 19.5 Å². The summed E-state index contributed by atoms with van der Waals surface area (Å²) in [4.78, 5) is 35.4. The standard InChI is InChI=1S/C26H29FN4O2/c1-2-22(25-28-16-23(29-25)19-7-4-3-5-8-19)30-26(33)20-9-6-14-31(17-20)24(32)15-18-10-12-21(27)13-11-18/h3-5,7-8,10-13,16,20,22H,2,6,9,14-15,17H2,1H3,(H,28,29)(H,30,33). The SMILES string of the molecule is CCC(NC(=O)C1CCCN(C(=O)Cc2ccc(F)cc2)C1)c1ncc(-c2ccccc2)[nH]1. The summed E-state index contributed by atoms with van der Waals surface area (Å²) in [6.45, 7) is 3.05. The predicted molar refractivity (Wildman–Crippen MR) is 125 cm³/mol. The Morgan fingerprint density at radius 1 is 1.18 bits per heavy atom. The highest BCUT2D eigenvalue weighted by Gasteiger charge is 2.30. The zero-order valence-corrected chi connectivity index (χ0v) is 18.8. The third kappa shape index (κ3) is 5.66. The van der Waals surface area contributed by atoms with E-state index in [1.807, 2.05) is 37.3 Å². The molecule has 0 aliphatic carbocycles. The normalized spacial score (nSPS) is 16.9. The summed E-state index contributed by atoms with van der Waals surface area (Å²) >= 11 is 0. The zero-order valence-electron chi connectivity index (χ0n) is 18.8. The van der Waals surface area contributed by atoms with Gasteiger partial charge in [-0.1, -0.05) is 49.4 Å². The molecule has 7 heteroatoms. The maximum Gasteiger partial charge on any atom is 0.227 e. The molecule has 2 N–H and O–H groups in total. The quantitative estimate of drug-likeness (QED) is 0.567. The molecule has 0 bridgehead atoms. The van der Waals surface area contributed by atoms with Crippen molar-refractivity contribution in [1.82, 2.24) is 20.2 Å². The van der Waals surface area contributed by atoms with Gasteiger partial charge in [0.2, 0.25) is 11.8 Å². The number of rotatable bonds is 7. The predicted octanol–water partition coefficient (Wildman–Crippen LogP) is 4.26. The third-order valence-corrected chi connectivity index (χ3v) is 6.15. The Balaban J connectivity index is 1.36. The second-order valence-electron chi connectivity index (χ2n) is 8.50. The highest BCUT2D eigenvalue weighted by atomic mass is 19.1. The number of likely N-dealkylation sites (tertiary alicyclic amines) is 1. The van der Waals surface area contributed by atoms with Crippen molar-refractivity contribution in [3.05, 3.63) is 78.0 Å². The van der Waals surface area contributed by atoms with Crippen molar-refractivity contribution in [2.75, 3.05) is 13.1 Å². The number of carbonyl (C=O) groups is 2. The van der Waals surface area contributed by atoms with Gasteiger partial charge < -0.3 is 15.2 Å². The number of nitrogens with zero attached hydrogens (tertiary/aromatic N) is 2. The van der Waals surface area contributed by atoms with Gasteiger partial charge in [0.05, 0.1) is 30.3 Å². The van der Waals surface area contributed by atoms with Crippen molar-refractivity contribution in [3.8, 4) is 11.3 Å². The van der Waals surface area contributed by atoms with Crippen molar-refractivity contribution in [2.24, 2.45) is 5.92 Å². The van der Waals surface area contributed by atoms with Crippen molar-refractivity contribution < 1.29 is 14.0 Å². The fraction of sp³-hybridized carbons (Fsp3) is 0.346. The van der Waals surface area contributed by atoms with Gasteiger partial charge in [0.1, 0.15) is 11.6 Å². The van der Waals surface area contributed by atoms with Crippen LogP contribution < -0.4 is 5.32 Å². The van der Waals surface area contributed by atoms with Gasteiger partial charge in [0, 0.05) is 13.1 Å². The van der Waals surface area contributed by atoms with Crippen molar-refractivity contribution in [2.45, 2.75) is 38.6 Å². The summed E-state index contributed by atoms with van der Waals surface area (Å²) in [6.07, 6.45) is 4.23. The van der Waals surface area contributed by atoms with Crippen molar-refractivity contribution in [1.29, 1.82) is 0 Å². The van der Waals surface area contributed by atoms with Crippen LogP contribution in [-0.2, 0) is 16.0 Å². The molecule has 6 nitrogen and oxygen atoms in total. The molecular weight excluding hydrogens is 419 g/mol. The van der Waals surface area contributed by atoms with Crippen LogP contribution in [0.4, 0.5) is 4.39 Å². The van der Waals surface area contributed by atoms with Crippen molar-refractivity contribution >= 4 is 11.8 Å². The minimum atomic E-state index is -0.321. The van der Waals surface area contributed by atoms with Gasteiger partial charge in [-0.3, -0.25) is 9.59 Å². The molecule has 0 saturated carbocycles. The van der Waals surface area contributed by atoms with Crippen LogP contribution in [0.2, 0.25) is 0 Å². The van der Waals surface area contributed by atoms with E-state index in [1.165, 1.54) is 12.1 Å². The fourth-order valence-corrected chi connectivity index (χ4v) is 4.24. The molecule has 0 radical (unpaired) electrons. The molecule has 1 aromatic heterocycles. The maximum absolute atomic E-state index is 13.1. The number of halogens is 1. The Morgan fingerprint density at radius 3 is 2.67 bits per heavy atom. The molecule has 2 atom stereocenters. The number of hydrogen-bond acceptors (Lipinski definition) is 3. The fourth-order valence-electron chi connectivity index (χ4n) is 4.24. The van der Waals surface area contributed by atoms with Gasteiger partial charge >= 0.3 is 0 Å². The molecule has 1 aliphatic rings. The molecule has 33 heavy (non-hydrogen) atoms. The largest absolute Gasteiger partial charge is 0.346 e. The Morgan fingerprint density at radius 2 is 1.94 bits per heavy atom. The van der Waals surface area contributed by atoms with E-state index in [9.17, 15) is 14.0 Å². The number of carbonyl (C=O) groups excluding carboxylic acids is 2. The monoisotopic (exact) mass is 448 g/mol. The molecule has 1 saturated heterocycles. The van der Waals surface area contributed by atoms with Crippen LogP contribution >= 0.6 is 0 Å². The minimum absolute atomic E-state index is 0.0373. The highest BCUT2D eigenvalue weighted by Crippen LogP contribution is 2.23. The lowest BCUT2D eigenvalue weighted by atomic mass is 9.96. The van der Waals surface area contributed by atoms with Crippen LogP contribution in [0.15, 0.2) is 60.8 Å². The van der Waals surface area contributed by atoms with Gasteiger partial charge in [-0.05, 0) is 42.5 Å². The first-order chi connectivity index (χ1) is 16.0. The van der Waals surface area contributed by atoms with E-state index in [2.05, 4.69) is 15.3 Å². The first-order valence-corrected chi connectivity index (χ1v) is 11.5. The Hall–Kier alpha value is -3.48. The minimum Gasteiger partial charge on any atom is -0.346 e. The molecule has 172 valence electrons. The topological polar surface area (TPSA) is 78.1 Å². The smallest absolute Gasteiger partial charge is 0.227 e. The number of benzene rings is 2. The molecule has 2 heterocycles. The molecule has 2 aromatic carbocycles. The first kappa shape index (κ1) is 22.7. The molecule has 1 aliphatic heterocycles. The van der Waals surface area contributed by atoms with Gasteiger partial charge in [-0.2, -0.15) is 0 Å². The van der Waals surface area contributed by atoms with E-state index < -0.39 is 0 Å². The van der Waals surface area contributed by atoms with Crippen molar-refractivity contribution in [3.63, 3.8) is 0 Å². The lowest BCUT2D eigenvalue weighted by Crippen LogP contribution is -2.46. The van der Waals surface area contributed by atoms with E-state index in [4.69, 9.17) is 0 Å². The second-order valence-corrected chi connectivity index (χ2v) is 8.50. The first-order valence-electron chi connectivity index (χ1n) is 11.5. The second kappa shape index (κ2) is 10.4. The number of piperidine rings is 1. The molecule has 1 fully saturated rings. The van der Waals surface area contributed by atoms with Crippen LogP contribution in [-0.4, -0.2) is 39.8 Å². The van der Waals surface area contributed by atoms with E-state index >= 15 is 0 Å². The summed E-state index contributed by atoms with van der Waals surface area (Å²) in [7, 11) is 0. The maximum atomic E-state index is 13.1. The number of hydrogen-bond donors (Lipinski definition) is 2. The number of H-pyrrole nitrogens is 1. The van der Waals surface area contributed by atoms with Gasteiger partial charge in [-0.15, -0.1) is 0 Å². The van der Waals surface area contributed by atoms with Crippen LogP contribution in [0.1, 0.15) is 43.6 Å². The molecule has 2 amide bonds. The summed E-state index contributed by atoms with van der Waals surface area (Å²) in [5.41, 5.74) is 2.72. The lowest BCUT2D eigenvalue weighted by Gasteiger charge is -2.33. The third-order valence-electron chi connectivity index (χ3n) is 6.15. The number of aromatic amines is 1. The molecule has 0 spiro atoms. The van der Waals surface area contributed by atoms with Crippen LogP contribution in [0, 0.1) is 11.7 Å². The Kier molecular flexibility index (Phi) is 7.17. The van der Waals surface area contributed by atoms with Gasteiger partial charge in [0.15, 0.2) is 0 Å². The van der Waals surface area contributed by atoms with Gasteiger partial charge in [-0.25, -0.2) is 9.37 Å². The zero-order chi connectivity index (χ0) is 23.2. The van der Waals surface area contributed by atoms with Crippen LogP contribution in [0.25, 0.3) is 11.3 Å². The number of aromatic nitrogens is 2. The summed E-state index contributed by atoms with van der Waals surface area (Å²) in [6, 6.07) is 15.7. The van der Waals surface area contributed by atoms with Crippen LogP contribution in [0.3, 0.4) is 0 Å². The molecule has 3 aromatic rings. The van der Waals surface area contributed by atoms with Gasteiger partial charge in [0.25, 0.3) is 0 Å². The van der Waals surface area contributed by atoms with E-state index in [-0.39, 0.29) is 36.0 Å². The average molecular weight is 449 g/mol. The average Bonchev–Trinajstić information content (AvgIpc) is 3.34. The summed E-state index contributed by atoms with van der Waals surface area (Å²) < 4.78 is 13.1.